The minimum Gasteiger partial charge on any atom is -2.00 e. The third-order valence-corrected chi connectivity index (χ3v) is 0. The molecular formula is CH4O3W. The molecule has 5 heavy (non-hydrogen) atoms. The van der Waals surface area contributed by atoms with Crippen LogP contribution in [-0.4, -0.2) is 0 Å². The molecule has 0 aliphatic heterocycles. The first-order chi connectivity index (χ1) is 0. The predicted molar refractivity (Wildman–Crippen MR) is 8.79 cm³/mol. The van der Waals surface area contributed by atoms with E-state index in [1.54, 1.807) is 0 Å². The zero-order valence-corrected chi connectivity index (χ0v) is 4.57. The molecule has 32 valence electrons. The second kappa shape index (κ2) is 180. The van der Waals surface area contributed by atoms with Crippen LogP contribution in [0.1, 0.15) is 7.43 Å². The summed E-state index contributed by atoms with van der Waals surface area (Å²) in [6.07, 6.45) is 0. The maximum atomic E-state index is 0. The van der Waals surface area contributed by atoms with Gasteiger partial charge in [0, 0.05) is 0 Å². The molecule has 0 bridgehead atoms. The Kier molecular flexibility index (Phi) is 13000. The first-order valence-corrected chi connectivity index (χ1v) is 0. The van der Waals surface area contributed by atoms with Crippen molar-refractivity contribution in [2.24, 2.45) is 0 Å². The molecule has 0 atom stereocenters. The maximum Gasteiger partial charge on any atom is 6.00 e. The normalized spacial score (nSPS) is 0. The summed E-state index contributed by atoms with van der Waals surface area (Å²) in [6, 6.07) is 0. The summed E-state index contributed by atoms with van der Waals surface area (Å²) in [7, 11) is 0. The third kappa shape index (κ3) is 93.3. The van der Waals surface area contributed by atoms with Crippen molar-refractivity contribution >= 4 is 0 Å². The van der Waals surface area contributed by atoms with E-state index in [-0.39, 0.29) is 44.9 Å². The van der Waals surface area contributed by atoms with Crippen molar-refractivity contribution in [1.82, 2.24) is 0 Å². The Hall–Kier alpha value is 0.568. The molecule has 0 spiro atoms. The summed E-state index contributed by atoms with van der Waals surface area (Å²) in [5, 5.41) is 0. The van der Waals surface area contributed by atoms with E-state index in [9.17, 15) is 0 Å². The van der Waals surface area contributed by atoms with E-state index in [4.69, 9.17) is 0 Å². The second-order valence-corrected chi connectivity index (χ2v) is 0. The van der Waals surface area contributed by atoms with E-state index in [1.807, 2.05) is 0 Å². The number of rotatable bonds is 0. The SMILES string of the molecule is C.[O-2].[O-2].[O-2].[W+6]. The van der Waals surface area contributed by atoms with Crippen LogP contribution in [0.4, 0.5) is 0 Å². The Morgan fingerprint density at radius 3 is 0.600 bits per heavy atom. The van der Waals surface area contributed by atoms with Crippen LogP contribution in [0.15, 0.2) is 0 Å². The van der Waals surface area contributed by atoms with E-state index in [1.165, 1.54) is 0 Å². The fourth-order valence-corrected chi connectivity index (χ4v) is 0. The van der Waals surface area contributed by atoms with Gasteiger partial charge in [0.15, 0.2) is 0 Å². The Balaban J connectivity index is 0. The van der Waals surface area contributed by atoms with Gasteiger partial charge in [0.05, 0.1) is 0 Å². The van der Waals surface area contributed by atoms with Gasteiger partial charge in [0.1, 0.15) is 0 Å². The zero-order valence-electron chi connectivity index (χ0n) is 1.63. The summed E-state index contributed by atoms with van der Waals surface area (Å²) >= 11 is 0. The Labute approximate surface area is 45.6 Å². The van der Waals surface area contributed by atoms with Gasteiger partial charge in [-0.05, 0) is 0 Å². The van der Waals surface area contributed by atoms with E-state index in [2.05, 4.69) is 0 Å². The summed E-state index contributed by atoms with van der Waals surface area (Å²) in [6.45, 7) is 0. The number of hydrogen-bond acceptors (Lipinski definition) is 0. The van der Waals surface area contributed by atoms with Crippen molar-refractivity contribution in [3.63, 3.8) is 0 Å². The molecule has 0 amide bonds. The van der Waals surface area contributed by atoms with Crippen LogP contribution < -0.4 is 0 Å². The van der Waals surface area contributed by atoms with E-state index < -0.39 is 0 Å². The van der Waals surface area contributed by atoms with E-state index in [0.29, 0.717) is 0 Å². The van der Waals surface area contributed by atoms with Gasteiger partial charge in [-0.15, -0.1) is 0 Å². The summed E-state index contributed by atoms with van der Waals surface area (Å²) in [5.41, 5.74) is 0. The van der Waals surface area contributed by atoms with Crippen molar-refractivity contribution < 1.29 is 37.5 Å². The fraction of sp³-hybridized carbons (Fsp3) is 1.00. The van der Waals surface area contributed by atoms with Crippen LogP contribution in [0, 0.1) is 0 Å². The monoisotopic (exact) mass is 248 g/mol. The van der Waals surface area contributed by atoms with E-state index >= 15 is 0 Å². The molecule has 0 radical (unpaired) electrons. The molecule has 0 rings (SSSR count). The molecule has 0 saturated carbocycles. The van der Waals surface area contributed by atoms with Crippen LogP contribution in [0.25, 0.3) is 0 Å². The van der Waals surface area contributed by atoms with Crippen molar-refractivity contribution in [3.05, 3.63) is 0 Å². The average Bonchev–Trinajstić information content (AvgIpc) is 0. The van der Waals surface area contributed by atoms with Crippen LogP contribution in [0.2, 0.25) is 0 Å². The fourth-order valence-electron chi connectivity index (χ4n) is 0. The van der Waals surface area contributed by atoms with Gasteiger partial charge in [0.2, 0.25) is 0 Å². The minimum atomic E-state index is 0. The molecule has 0 aliphatic carbocycles. The smallest absolute Gasteiger partial charge is 2.00 e. The molecule has 0 unspecified atom stereocenters. The Bertz CT molecular complexity index is 6.85. The van der Waals surface area contributed by atoms with Gasteiger partial charge in [0.25, 0.3) is 0 Å². The molecule has 4 heteroatoms. The zero-order chi connectivity index (χ0) is 0. The van der Waals surface area contributed by atoms with Gasteiger partial charge >= 0.3 is 21.1 Å². The first-order valence-electron chi connectivity index (χ1n) is 0. The molecule has 0 aliphatic rings. The minimum absolute atomic E-state index is 0. The summed E-state index contributed by atoms with van der Waals surface area (Å²) in [5.74, 6) is 0. The van der Waals surface area contributed by atoms with Crippen molar-refractivity contribution in [2.45, 2.75) is 7.43 Å². The quantitative estimate of drug-likeness (QED) is 0.589. The van der Waals surface area contributed by atoms with Crippen LogP contribution in [0.3, 0.4) is 0 Å². The molecule has 0 aromatic heterocycles. The van der Waals surface area contributed by atoms with Gasteiger partial charge < -0.3 is 16.4 Å². The van der Waals surface area contributed by atoms with Crippen molar-refractivity contribution in [2.75, 3.05) is 0 Å². The van der Waals surface area contributed by atoms with Crippen LogP contribution in [0.5, 0.6) is 0 Å². The molecule has 3 nitrogen and oxygen atoms in total. The van der Waals surface area contributed by atoms with Gasteiger partial charge in [-0.25, -0.2) is 0 Å². The Morgan fingerprint density at radius 2 is 0.600 bits per heavy atom. The predicted octanol–water partition coefficient (Wildman–Crippen LogP) is 0.277. The third-order valence-electron chi connectivity index (χ3n) is 0. The maximum absolute atomic E-state index is 0. The second-order valence-electron chi connectivity index (χ2n) is 0. The first kappa shape index (κ1) is 360. The van der Waals surface area contributed by atoms with Gasteiger partial charge in [-0.1, -0.05) is 7.43 Å². The molecule has 0 aromatic carbocycles. The largest absolute Gasteiger partial charge is 6.00 e. The molecular weight excluding hydrogens is 244 g/mol. The van der Waals surface area contributed by atoms with Crippen molar-refractivity contribution in [3.8, 4) is 0 Å². The topological polar surface area (TPSA) is 85.5 Å². The molecule has 0 heterocycles. The van der Waals surface area contributed by atoms with Crippen LogP contribution >= 0.6 is 0 Å². The van der Waals surface area contributed by atoms with Crippen molar-refractivity contribution in [1.29, 1.82) is 0 Å². The summed E-state index contributed by atoms with van der Waals surface area (Å²) in [4.78, 5) is 0. The molecule has 0 N–H and O–H groups in total. The van der Waals surface area contributed by atoms with Crippen LogP contribution in [-0.2, 0) is 37.5 Å². The molecule has 0 aromatic rings. The van der Waals surface area contributed by atoms with Gasteiger partial charge in [-0.3, -0.25) is 0 Å². The van der Waals surface area contributed by atoms with Gasteiger partial charge in [-0.2, -0.15) is 0 Å². The molecule has 0 saturated heterocycles. The number of hydrogen-bond donors (Lipinski definition) is 0. The standard InChI is InChI=1S/CH4.3O.W/h1H4;;;;/q;3*-2;+6. The Morgan fingerprint density at radius 1 is 0.600 bits per heavy atom. The van der Waals surface area contributed by atoms with E-state index in [0.717, 1.165) is 0 Å². The average molecular weight is 248 g/mol. The molecule has 0 fully saturated rings. The summed E-state index contributed by atoms with van der Waals surface area (Å²) < 4.78 is 0.